The standard InChI is InChI=1S/C17H20N8O2S2/c1-3-25-13(21-22-16(25)28)8-18-15(27)11-5-4-6-12(7-11)20-14(26)9-29-17-23-19-10-24(17)2/h4-7,10H,3,8-9H2,1-2H3,(H,18,27)(H,20,26)(H,22,28). The summed E-state index contributed by atoms with van der Waals surface area (Å²) < 4.78 is 4.06. The van der Waals surface area contributed by atoms with Crippen LogP contribution in [0.3, 0.4) is 0 Å². The van der Waals surface area contributed by atoms with E-state index >= 15 is 0 Å². The number of carbonyl (C=O) groups is 2. The lowest BCUT2D eigenvalue weighted by molar-refractivity contribution is -0.113. The molecule has 2 aromatic heterocycles. The summed E-state index contributed by atoms with van der Waals surface area (Å²) in [4.78, 5) is 24.6. The predicted molar refractivity (Wildman–Crippen MR) is 111 cm³/mol. The lowest BCUT2D eigenvalue weighted by Crippen LogP contribution is -2.25. The fraction of sp³-hybridized carbons (Fsp3) is 0.294. The van der Waals surface area contributed by atoms with Crippen molar-refractivity contribution in [2.24, 2.45) is 7.05 Å². The Morgan fingerprint density at radius 3 is 2.90 bits per heavy atom. The lowest BCUT2D eigenvalue weighted by Gasteiger charge is -2.09. The molecule has 0 spiro atoms. The Hall–Kier alpha value is -2.99. The maximum Gasteiger partial charge on any atom is 0.251 e. The summed E-state index contributed by atoms with van der Waals surface area (Å²) in [5.41, 5.74) is 0.971. The molecule has 0 atom stereocenters. The van der Waals surface area contributed by atoms with Crippen LogP contribution in [0.15, 0.2) is 35.7 Å². The number of carbonyl (C=O) groups excluding carboxylic acids is 2. The number of nitrogens with one attached hydrogen (secondary N) is 3. The number of amides is 2. The van der Waals surface area contributed by atoms with Gasteiger partial charge in [0.25, 0.3) is 5.91 Å². The molecule has 2 heterocycles. The smallest absolute Gasteiger partial charge is 0.251 e. The monoisotopic (exact) mass is 432 g/mol. The zero-order valence-corrected chi connectivity index (χ0v) is 17.5. The molecule has 3 aromatic rings. The summed E-state index contributed by atoms with van der Waals surface area (Å²) in [6.45, 7) is 2.85. The van der Waals surface area contributed by atoms with Gasteiger partial charge >= 0.3 is 0 Å². The molecule has 29 heavy (non-hydrogen) atoms. The first-order valence-corrected chi connectivity index (χ1v) is 10.2. The lowest BCUT2D eigenvalue weighted by atomic mass is 10.2. The minimum atomic E-state index is -0.272. The number of thioether (sulfide) groups is 1. The van der Waals surface area contributed by atoms with E-state index in [1.54, 1.807) is 39.7 Å². The third-order valence-electron chi connectivity index (χ3n) is 3.97. The van der Waals surface area contributed by atoms with E-state index in [0.717, 1.165) is 0 Å². The van der Waals surface area contributed by atoms with Crippen molar-refractivity contribution in [3.05, 3.63) is 46.8 Å². The predicted octanol–water partition coefficient (Wildman–Crippen LogP) is 1.75. The molecule has 0 bridgehead atoms. The highest BCUT2D eigenvalue weighted by Crippen LogP contribution is 2.15. The van der Waals surface area contributed by atoms with E-state index in [2.05, 4.69) is 31.0 Å². The molecule has 2 amide bonds. The first-order chi connectivity index (χ1) is 14.0. The number of aryl methyl sites for hydroxylation is 1. The molecule has 1 aromatic carbocycles. The second-order valence-corrected chi connectivity index (χ2v) is 7.34. The minimum absolute atomic E-state index is 0.183. The van der Waals surface area contributed by atoms with Gasteiger partial charge in [-0.15, -0.1) is 10.2 Å². The number of H-pyrrole nitrogens is 1. The number of anilines is 1. The Morgan fingerprint density at radius 1 is 1.34 bits per heavy atom. The topological polar surface area (TPSA) is 123 Å². The number of nitrogens with zero attached hydrogens (tertiary/aromatic N) is 5. The molecule has 0 saturated heterocycles. The van der Waals surface area contributed by atoms with Gasteiger partial charge in [-0.2, -0.15) is 5.10 Å². The van der Waals surface area contributed by atoms with Crippen LogP contribution in [-0.2, 0) is 24.9 Å². The van der Waals surface area contributed by atoms with Crippen LogP contribution in [0.2, 0.25) is 0 Å². The van der Waals surface area contributed by atoms with Crippen LogP contribution in [0, 0.1) is 4.77 Å². The maximum absolute atomic E-state index is 12.5. The Balaban J connectivity index is 1.56. The van der Waals surface area contributed by atoms with E-state index in [9.17, 15) is 9.59 Å². The number of benzene rings is 1. The number of aromatic amines is 1. The molecular weight excluding hydrogens is 412 g/mol. The van der Waals surface area contributed by atoms with Crippen molar-refractivity contribution in [3.63, 3.8) is 0 Å². The van der Waals surface area contributed by atoms with Crippen molar-refractivity contribution in [1.82, 2.24) is 34.8 Å². The highest BCUT2D eigenvalue weighted by Gasteiger charge is 2.11. The summed E-state index contributed by atoms with van der Waals surface area (Å²) in [5.74, 6) is 0.360. The zero-order chi connectivity index (χ0) is 20.8. The molecule has 3 rings (SSSR count). The van der Waals surface area contributed by atoms with Crippen molar-refractivity contribution in [1.29, 1.82) is 0 Å². The van der Waals surface area contributed by atoms with Gasteiger partial charge in [0.15, 0.2) is 15.8 Å². The van der Waals surface area contributed by atoms with Crippen molar-refractivity contribution < 1.29 is 9.59 Å². The normalized spacial score (nSPS) is 10.7. The van der Waals surface area contributed by atoms with Gasteiger partial charge < -0.3 is 19.8 Å². The Bertz CT molecular complexity index is 1070. The van der Waals surface area contributed by atoms with Crippen molar-refractivity contribution in [2.45, 2.75) is 25.2 Å². The van der Waals surface area contributed by atoms with Gasteiger partial charge in [0.1, 0.15) is 6.33 Å². The average Bonchev–Trinajstić information content (AvgIpc) is 3.29. The quantitative estimate of drug-likeness (QED) is 0.366. The summed E-state index contributed by atoms with van der Waals surface area (Å²) in [7, 11) is 1.81. The van der Waals surface area contributed by atoms with Crippen molar-refractivity contribution >= 4 is 41.5 Å². The van der Waals surface area contributed by atoms with Gasteiger partial charge in [0.2, 0.25) is 5.91 Å². The minimum Gasteiger partial charge on any atom is -0.345 e. The van der Waals surface area contributed by atoms with Gasteiger partial charge in [0, 0.05) is 24.8 Å². The Labute approximate surface area is 176 Å². The average molecular weight is 433 g/mol. The molecule has 0 saturated carbocycles. The molecule has 152 valence electrons. The summed E-state index contributed by atoms with van der Waals surface area (Å²) >= 11 is 6.42. The van der Waals surface area contributed by atoms with Crippen LogP contribution >= 0.6 is 24.0 Å². The number of aromatic nitrogens is 6. The molecule has 0 radical (unpaired) electrons. The Kier molecular flexibility index (Phi) is 6.77. The fourth-order valence-corrected chi connectivity index (χ4v) is 3.51. The van der Waals surface area contributed by atoms with Crippen LogP contribution in [0.4, 0.5) is 5.69 Å². The van der Waals surface area contributed by atoms with E-state index in [0.29, 0.717) is 33.5 Å². The van der Waals surface area contributed by atoms with Crippen molar-refractivity contribution in [2.75, 3.05) is 11.1 Å². The highest BCUT2D eigenvalue weighted by molar-refractivity contribution is 7.99. The Morgan fingerprint density at radius 2 is 2.17 bits per heavy atom. The third kappa shape index (κ3) is 5.29. The van der Waals surface area contributed by atoms with Gasteiger partial charge in [0.05, 0.1) is 12.3 Å². The molecule has 10 nitrogen and oxygen atoms in total. The zero-order valence-electron chi connectivity index (χ0n) is 15.9. The first-order valence-electron chi connectivity index (χ1n) is 8.77. The van der Waals surface area contributed by atoms with Crippen LogP contribution in [0.25, 0.3) is 0 Å². The molecule has 0 aliphatic rings. The second-order valence-electron chi connectivity index (χ2n) is 6.01. The third-order valence-corrected chi connectivity index (χ3v) is 5.32. The van der Waals surface area contributed by atoms with E-state index in [4.69, 9.17) is 12.2 Å². The molecule has 12 heteroatoms. The number of rotatable bonds is 8. The molecule has 0 aliphatic heterocycles. The molecule has 0 fully saturated rings. The molecular formula is C17H20N8O2S2. The first kappa shape index (κ1) is 20.7. The van der Waals surface area contributed by atoms with Gasteiger partial charge in [-0.05, 0) is 37.3 Å². The fourth-order valence-electron chi connectivity index (χ4n) is 2.54. The van der Waals surface area contributed by atoms with Gasteiger partial charge in [-0.25, -0.2) is 0 Å². The van der Waals surface area contributed by atoms with Crippen LogP contribution in [0.1, 0.15) is 23.1 Å². The molecule has 3 N–H and O–H groups in total. The maximum atomic E-state index is 12.5. The van der Waals surface area contributed by atoms with Crippen LogP contribution in [-0.4, -0.2) is 47.1 Å². The van der Waals surface area contributed by atoms with E-state index in [1.165, 1.54) is 11.8 Å². The molecule has 0 aliphatic carbocycles. The summed E-state index contributed by atoms with van der Waals surface area (Å²) in [5, 5.41) is 20.8. The van der Waals surface area contributed by atoms with Crippen molar-refractivity contribution in [3.8, 4) is 0 Å². The van der Waals surface area contributed by atoms with E-state index in [1.807, 2.05) is 14.0 Å². The SMILES string of the molecule is CCn1c(CNC(=O)c2cccc(NC(=O)CSc3nncn3C)c2)n[nH]c1=S. The van der Waals surface area contributed by atoms with Crippen LogP contribution < -0.4 is 10.6 Å². The van der Waals surface area contributed by atoms with Gasteiger partial charge in [-0.1, -0.05) is 17.8 Å². The summed E-state index contributed by atoms with van der Waals surface area (Å²) in [6.07, 6.45) is 1.57. The highest BCUT2D eigenvalue weighted by atomic mass is 32.2. The largest absolute Gasteiger partial charge is 0.345 e. The van der Waals surface area contributed by atoms with Gasteiger partial charge in [-0.3, -0.25) is 14.7 Å². The second kappa shape index (κ2) is 9.47. The number of hydrogen-bond acceptors (Lipinski definition) is 7. The molecule has 0 unspecified atom stereocenters. The van der Waals surface area contributed by atoms with E-state index < -0.39 is 0 Å². The van der Waals surface area contributed by atoms with E-state index in [-0.39, 0.29) is 24.1 Å². The summed E-state index contributed by atoms with van der Waals surface area (Å²) in [6, 6.07) is 6.74. The number of hydrogen-bond donors (Lipinski definition) is 3. The van der Waals surface area contributed by atoms with Crippen LogP contribution in [0.5, 0.6) is 0 Å².